The number of rotatable bonds is 2. The lowest BCUT2D eigenvalue weighted by Gasteiger charge is -2.11. The van der Waals surface area contributed by atoms with E-state index in [1.165, 1.54) is 0 Å². The Balaban J connectivity index is 1.99. The van der Waals surface area contributed by atoms with Crippen LogP contribution in [0.1, 0.15) is 21.1 Å². The van der Waals surface area contributed by atoms with Crippen molar-refractivity contribution in [2.75, 3.05) is 6.75 Å². The van der Waals surface area contributed by atoms with Crippen LogP contribution in [-0.2, 0) is 10.2 Å². The lowest BCUT2D eigenvalue weighted by Crippen LogP contribution is -2.28. The van der Waals surface area contributed by atoms with Crippen LogP contribution in [0.4, 0.5) is 0 Å². The normalized spacial score (nSPS) is 25.3. The van der Waals surface area contributed by atoms with Gasteiger partial charge in [0.25, 0.3) is 0 Å². The summed E-state index contributed by atoms with van der Waals surface area (Å²) >= 11 is 0. The largest absolute Gasteiger partial charge is 0.454 e. The molecule has 0 atom stereocenters. The van der Waals surface area contributed by atoms with E-state index in [9.17, 15) is 4.79 Å². The summed E-state index contributed by atoms with van der Waals surface area (Å²) in [6.07, 6.45) is 1.46. The quantitative estimate of drug-likeness (QED) is 0.784. The van der Waals surface area contributed by atoms with Gasteiger partial charge in [0, 0.05) is 0 Å². The highest BCUT2D eigenvalue weighted by Crippen LogP contribution is 2.50. The van der Waals surface area contributed by atoms with Gasteiger partial charge in [0.2, 0.25) is 12.7 Å². The maximum Gasteiger partial charge on any atom is 0.231 e. The highest BCUT2D eigenvalue weighted by atomic mass is 16.7. The predicted molar refractivity (Wildman–Crippen MR) is 52.7 cm³/mol. The zero-order valence-corrected chi connectivity index (χ0v) is 7.95. The van der Waals surface area contributed by atoms with Crippen molar-refractivity contribution in [3.63, 3.8) is 0 Å². The molecule has 1 aliphatic heterocycles. The van der Waals surface area contributed by atoms with E-state index < -0.39 is 12.2 Å². The molecule has 0 bridgehead atoms. The molecule has 0 aromatic heterocycles. The van der Waals surface area contributed by atoms with Crippen molar-refractivity contribution < 1.29 is 17.0 Å². The zero-order chi connectivity index (χ0) is 12.3. The number of fused-ring (bicyclic) bond motifs is 1. The first-order valence-electron chi connectivity index (χ1n) is 5.75. The first kappa shape index (κ1) is 6.71. The highest BCUT2D eigenvalue weighted by molar-refractivity contribution is 5.90. The monoisotopic (exact) mass is 207 g/mol. The van der Waals surface area contributed by atoms with Gasteiger partial charge in [0.1, 0.15) is 2.74 Å². The van der Waals surface area contributed by atoms with Crippen molar-refractivity contribution in [2.45, 2.75) is 18.3 Å². The van der Waals surface area contributed by atoms with Crippen molar-refractivity contribution in [1.29, 1.82) is 0 Å². The zero-order valence-electron chi connectivity index (χ0n) is 9.95. The Morgan fingerprint density at radius 1 is 1.40 bits per heavy atom. The molecule has 1 aromatic rings. The number of carbonyl (C=O) groups is 1. The van der Waals surface area contributed by atoms with Crippen LogP contribution >= 0.6 is 0 Å². The minimum atomic E-state index is -2.13. The third-order valence-electron chi connectivity index (χ3n) is 3.02. The van der Waals surface area contributed by atoms with Gasteiger partial charge in [-0.25, -0.2) is 0 Å². The van der Waals surface area contributed by atoms with Gasteiger partial charge in [-0.1, -0.05) is 6.07 Å². The Labute approximate surface area is 89.8 Å². The number of carbonyl (C=O) groups excluding carboxylic acids is 1. The number of primary amides is 1. The second-order valence-corrected chi connectivity index (χ2v) is 3.90. The number of hydrogen-bond acceptors (Lipinski definition) is 3. The van der Waals surface area contributed by atoms with Gasteiger partial charge < -0.3 is 15.2 Å². The van der Waals surface area contributed by atoms with Crippen LogP contribution in [0.3, 0.4) is 0 Å². The molecule has 1 aliphatic carbocycles. The summed E-state index contributed by atoms with van der Waals surface area (Å²) in [6.45, 7) is -2.13. The molecule has 1 amide bonds. The molecule has 2 N–H and O–H groups in total. The second-order valence-electron chi connectivity index (χ2n) is 3.90. The first-order chi connectivity index (χ1) is 7.93. The van der Waals surface area contributed by atoms with Crippen LogP contribution in [0, 0.1) is 0 Å². The minimum Gasteiger partial charge on any atom is -0.454 e. The molecule has 78 valence electrons. The summed E-state index contributed by atoms with van der Waals surface area (Å²) in [6, 6.07) is 4.98. The molecule has 0 saturated heterocycles. The number of benzene rings is 1. The van der Waals surface area contributed by atoms with Crippen LogP contribution in [0.2, 0.25) is 0 Å². The molecule has 1 aromatic carbocycles. The van der Waals surface area contributed by atoms with Crippen molar-refractivity contribution in [3.8, 4) is 11.5 Å². The smallest absolute Gasteiger partial charge is 0.231 e. The van der Waals surface area contributed by atoms with Gasteiger partial charge in [0.05, 0.1) is 5.41 Å². The summed E-state index contributed by atoms with van der Waals surface area (Å²) in [5.41, 5.74) is 5.56. The summed E-state index contributed by atoms with van der Waals surface area (Å²) in [5.74, 6) is 0.318. The summed E-state index contributed by atoms with van der Waals surface area (Å²) < 4.78 is 24.6. The molecule has 2 aliphatic rings. The van der Waals surface area contributed by atoms with E-state index in [1.807, 2.05) is 0 Å². The standard InChI is InChI=1S/C11H11NO3/c12-10(13)11(3-4-11)7-1-2-8-9(5-7)15-6-14-8/h1-2,5H,3-4,6H2,(H2,12,13)/i6D2. The number of amides is 1. The average Bonchev–Trinajstić information content (AvgIpc) is 2.95. The van der Waals surface area contributed by atoms with E-state index >= 15 is 0 Å². The van der Waals surface area contributed by atoms with E-state index in [4.69, 9.17) is 17.9 Å². The molecule has 0 radical (unpaired) electrons. The summed E-state index contributed by atoms with van der Waals surface area (Å²) in [7, 11) is 0. The molecule has 0 unspecified atom stereocenters. The van der Waals surface area contributed by atoms with Crippen molar-refractivity contribution in [1.82, 2.24) is 0 Å². The fourth-order valence-corrected chi connectivity index (χ4v) is 1.88. The van der Waals surface area contributed by atoms with Crippen LogP contribution in [0.15, 0.2) is 18.2 Å². The molecule has 4 nitrogen and oxygen atoms in total. The Morgan fingerprint density at radius 3 is 2.80 bits per heavy atom. The predicted octanol–water partition coefficient (Wildman–Crippen LogP) is 0.932. The van der Waals surface area contributed by atoms with Crippen molar-refractivity contribution in [3.05, 3.63) is 23.8 Å². The van der Waals surface area contributed by atoms with Gasteiger partial charge >= 0.3 is 0 Å². The Morgan fingerprint density at radius 2 is 2.13 bits per heavy atom. The van der Waals surface area contributed by atoms with Gasteiger partial charge in [-0.2, -0.15) is 0 Å². The fourth-order valence-electron chi connectivity index (χ4n) is 1.88. The van der Waals surface area contributed by atoms with Crippen LogP contribution in [0.25, 0.3) is 0 Å². The third kappa shape index (κ3) is 1.11. The van der Waals surface area contributed by atoms with E-state index in [0.29, 0.717) is 11.5 Å². The molecular weight excluding hydrogens is 194 g/mol. The number of hydrogen-bond donors (Lipinski definition) is 1. The maximum absolute atomic E-state index is 11.4. The third-order valence-corrected chi connectivity index (χ3v) is 3.02. The van der Waals surface area contributed by atoms with Crippen LogP contribution in [0.5, 0.6) is 11.5 Å². The maximum atomic E-state index is 11.4. The highest BCUT2D eigenvalue weighted by Gasteiger charge is 2.50. The molecule has 1 heterocycles. The molecular formula is C11H11NO3. The molecule has 15 heavy (non-hydrogen) atoms. The molecule has 0 spiro atoms. The Bertz CT molecular complexity index is 511. The van der Waals surface area contributed by atoms with Crippen molar-refractivity contribution >= 4 is 5.91 Å². The van der Waals surface area contributed by atoms with Crippen LogP contribution < -0.4 is 15.2 Å². The first-order valence-corrected chi connectivity index (χ1v) is 4.75. The van der Waals surface area contributed by atoms with E-state index in [-0.39, 0.29) is 5.91 Å². The molecule has 1 saturated carbocycles. The van der Waals surface area contributed by atoms with Gasteiger partial charge in [0.15, 0.2) is 11.5 Å². The summed E-state index contributed by atoms with van der Waals surface area (Å²) in [5, 5.41) is 0. The second kappa shape index (κ2) is 2.66. The SMILES string of the molecule is [2H]C1([2H])Oc2ccc(C3(C(N)=O)CC3)cc2O1. The topological polar surface area (TPSA) is 61.5 Å². The van der Waals surface area contributed by atoms with E-state index in [0.717, 1.165) is 18.4 Å². The lowest BCUT2D eigenvalue weighted by molar-refractivity contribution is -0.120. The molecule has 4 heteroatoms. The Kier molecular flexibility index (Phi) is 1.19. The average molecular weight is 207 g/mol. The van der Waals surface area contributed by atoms with Gasteiger partial charge in [-0.3, -0.25) is 4.79 Å². The van der Waals surface area contributed by atoms with Gasteiger partial charge in [-0.15, -0.1) is 0 Å². The fraction of sp³-hybridized carbons (Fsp3) is 0.364. The van der Waals surface area contributed by atoms with E-state index in [2.05, 4.69) is 0 Å². The summed E-state index contributed by atoms with van der Waals surface area (Å²) in [4.78, 5) is 11.4. The van der Waals surface area contributed by atoms with Crippen LogP contribution in [-0.4, -0.2) is 12.7 Å². The number of nitrogens with two attached hydrogens (primary N) is 1. The molecule has 3 rings (SSSR count). The Hall–Kier alpha value is -1.71. The lowest BCUT2D eigenvalue weighted by atomic mass is 9.95. The minimum absolute atomic E-state index is 0.319. The van der Waals surface area contributed by atoms with Gasteiger partial charge in [-0.05, 0) is 30.5 Å². The number of ether oxygens (including phenoxy) is 2. The molecule has 1 fully saturated rings. The van der Waals surface area contributed by atoms with Crippen molar-refractivity contribution in [2.24, 2.45) is 5.73 Å². The van der Waals surface area contributed by atoms with E-state index in [1.54, 1.807) is 18.2 Å².